The maximum atomic E-state index is 12.8. The zero-order valence-corrected chi connectivity index (χ0v) is 16.0. The quantitative estimate of drug-likeness (QED) is 0.467. The van der Waals surface area contributed by atoms with E-state index in [2.05, 4.69) is 17.1 Å². The van der Waals surface area contributed by atoms with Gasteiger partial charge in [-0.25, -0.2) is 0 Å². The number of thioether (sulfide) groups is 1. The minimum atomic E-state index is -0.301. The number of hydrogen-bond donors (Lipinski definition) is 0. The summed E-state index contributed by atoms with van der Waals surface area (Å²) in [5.41, 5.74) is 0.676. The van der Waals surface area contributed by atoms with Crippen LogP contribution in [0.25, 0.3) is 16.7 Å². The van der Waals surface area contributed by atoms with Crippen molar-refractivity contribution in [3.05, 3.63) is 34.6 Å². The lowest BCUT2D eigenvalue weighted by atomic mass is 10.2. The standard InChI is InChI=1S/C18H22N4O3S/c1-4-5-10-21-16(24)13-8-6-7-9-14(13)22-17(21)19-20-18(22)26-11-15(23)25-12(2)3/h6-9,12H,4-5,10-11H2,1-3H3. The fourth-order valence-corrected chi connectivity index (χ4v) is 3.49. The number of aryl methyl sites for hydroxylation is 1. The van der Waals surface area contributed by atoms with Gasteiger partial charge in [0.2, 0.25) is 5.78 Å². The molecule has 1 aromatic carbocycles. The molecule has 0 amide bonds. The normalized spacial score (nSPS) is 11.5. The van der Waals surface area contributed by atoms with Gasteiger partial charge in [0.05, 0.1) is 22.8 Å². The van der Waals surface area contributed by atoms with Crippen LogP contribution in [0.1, 0.15) is 33.6 Å². The van der Waals surface area contributed by atoms with Gasteiger partial charge in [-0.05, 0) is 32.4 Å². The van der Waals surface area contributed by atoms with Gasteiger partial charge in [-0.15, -0.1) is 10.2 Å². The number of esters is 1. The van der Waals surface area contributed by atoms with Crippen molar-refractivity contribution in [1.82, 2.24) is 19.2 Å². The Morgan fingerprint density at radius 2 is 2.04 bits per heavy atom. The largest absolute Gasteiger partial charge is 0.462 e. The molecule has 0 unspecified atom stereocenters. The van der Waals surface area contributed by atoms with E-state index in [4.69, 9.17) is 4.74 Å². The van der Waals surface area contributed by atoms with E-state index in [1.54, 1.807) is 10.6 Å². The Morgan fingerprint density at radius 3 is 2.77 bits per heavy atom. The highest BCUT2D eigenvalue weighted by molar-refractivity contribution is 7.99. The molecule has 0 saturated heterocycles. The van der Waals surface area contributed by atoms with Crippen LogP contribution in [0.4, 0.5) is 0 Å². The second-order valence-corrected chi connectivity index (χ2v) is 7.22. The van der Waals surface area contributed by atoms with E-state index in [0.29, 0.717) is 22.9 Å². The van der Waals surface area contributed by atoms with Crippen LogP contribution < -0.4 is 5.56 Å². The summed E-state index contributed by atoms with van der Waals surface area (Å²) in [6.45, 7) is 6.29. The number of para-hydroxylation sites is 1. The molecule has 0 fully saturated rings. The Kier molecular flexibility index (Phi) is 5.61. The van der Waals surface area contributed by atoms with Gasteiger partial charge in [-0.1, -0.05) is 37.2 Å². The zero-order chi connectivity index (χ0) is 18.7. The molecule has 0 saturated carbocycles. The fourth-order valence-electron chi connectivity index (χ4n) is 2.77. The van der Waals surface area contributed by atoms with Gasteiger partial charge < -0.3 is 4.74 Å². The molecular formula is C18H22N4O3S. The van der Waals surface area contributed by atoms with E-state index in [0.717, 1.165) is 18.4 Å². The molecule has 8 heteroatoms. The maximum Gasteiger partial charge on any atom is 0.316 e. The van der Waals surface area contributed by atoms with Crippen molar-refractivity contribution in [2.24, 2.45) is 0 Å². The van der Waals surface area contributed by atoms with Crippen LogP contribution in [0.2, 0.25) is 0 Å². The summed E-state index contributed by atoms with van der Waals surface area (Å²) in [5, 5.41) is 9.62. The van der Waals surface area contributed by atoms with Crippen molar-refractivity contribution in [3.63, 3.8) is 0 Å². The number of carbonyl (C=O) groups is 1. The summed E-state index contributed by atoms with van der Waals surface area (Å²) in [7, 11) is 0. The Balaban J connectivity index is 2.07. The summed E-state index contributed by atoms with van der Waals surface area (Å²) < 4.78 is 8.68. The molecule has 0 N–H and O–H groups in total. The average molecular weight is 374 g/mol. The Bertz CT molecular complexity index is 993. The summed E-state index contributed by atoms with van der Waals surface area (Å²) in [5.74, 6) is 0.341. The van der Waals surface area contributed by atoms with Gasteiger partial charge in [0, 0.05) is 6.54 Å². The van der Waals surface area contributed by atoms with E-state index in [9.17, 15) is 9.59 Å². The summed E-state index contributed by atoms with van der Waals surface area (Å²) in [6, 6.07) is 7.39. The van der Waals surface area contributed by atoms with E-state index >= 15 is 0 Å². The molecule has 0 bridgehead atoms. The predicted octanol–water partition coefficient (Wildman–Crippen LogP) is 2.89. The molecule has 2 aromatic heterocycles. The van der Waals surface area contributed by atoms with Crippen molar-refractivity contribution >= 4 is 34.4 Å². The van der Waals surface area contributed by atoms with E-state index < -0.39 is 0 Å². The number of nitrogens with zero attached hydrogens (tertiary/aromatic N) is 4. The van der Waals surface area contributed by atoms with Crippen LogP contribution in [0, 0.1) is 0 Å². The molecule has 26 heavy (non-hydrogen) atoms. The number of carbonyl (C=O) groups excluding carboxylic acids is 1. The van der Waals surface area contributed by atoms with Crippen molar-refractivity contribution in [2.45, 2.75) is 51.4 Å². The van der Waals surface area contributed by atoms with Crippen molar-refractivity contribution in [1.29, 1.82) is 0 Å². The molecule has 0 aliphatic heterocycles. The third-order valence-electron chi connectivity index (χ3n) is 3.90. The lowest BCUT2D eigenvalue weighted by molar-refractivity contribution is -0.144. The van der Waals surface area contributed by atoms with Gasteiger partial charge in [-0.2, -0.15) is 0 Å². The smallest absolute Gasteiger partial charge is 0.316 e. The SMILES string of the molecule is CCCCn1c(=O)c2ccccc2n2c(SCC(=O)OC(C)C)nnc12. The van der Waals surface area contributed by atoms with Crippen LogP contribution in [0.15, 0.2) is 34.2 Å². The number of hydrogen-bond acceptors (Lipinski definition) is 6. The Morgan fingerprint density at radius 1 is 1.27 bits per heavy atom. The first-order valence-electron chi connectivity index (χ1n) is 8.72. The lowest BCUT2D eigenvalue weighted by Crippen LogP contribution is -2.23. The van der Waals surface area contributed by atoms with Crippen molar-refractivity contribution in [3.8, 4) is 0 Å². The van der Waals surface area contributed by atoms with Crippen molar-refractivity contribution in [2.75, 3.05) is 5.75 Å². The molecular weight excluding hydrogens is 352 g/mol. The highest BCUT2D eigenvalue weighted by Gasteiger charge is 2.17. The summed E-state index contributed by atoms with van der Waals surface area (Å²) in [6.07, 6.45) is 1.70. The lowest BCUT2D eigenvalue weighted by Gasteiger charge is -2.11. The molecule has 0 aliphatic carbocycles. The minimum Gasteiger partial charge on any atom is -0.462 e. The maximum absolute atomic E-state index is 12.8. The molecule has 3 rings (SSSR count). The average Bonchev–Trinajstić information content (AvgIpc) is 3.03. The fraction of sp³-hybridized carbons (Fsp3) is 0.444. The molecule has 0 atom stereocenters. The second kappa shape index (κ2) is 7.90. The number of ether oxygens (including phenoxy) is 1. The minimum absolute atomic E-state index is 0.0651. The topological polar surface area (TPSA) is 78.5 Å². The summed E-state index contributed by atoms with van der Waals surface area (Å²) >= 11 is 1.26. The van der Waals surface area contributed by atoms with Gasteiger partial charge in [0.1, 0.15) is 0 Å². The van der Waals surface area contributed by atoms with Crippen LogP contribution in [0.3, 0.4) is 0 Å². The third kappa shape index (κ3) is 3.60. The number of fused-ring (bicyclic) bond motifs is 3. The molecule has 0 radical (unpaired) electrons. The number of aromatic nitrogens is 4. The Labute approximate surface area is 155 Å². The zero-order valence-electron chi connectivity index (χ0n) is 15.1. The van der Waals surface area contributed by atoms with Crippen LogP contribution in [-0.4, -0.2) is 37.0 Å². The molecule has 138 valence electrons. The monoisotopic (exact) mass is 374 g/mol. The molecule has 2 heterocycles. The van der Waals surface area contributed by atoms with Crippen LogP contribution in [0.5, 0.6) is 0 Å². The second-order valence-electron chi connectivity index (χ2n) is 6.27. The summed E-state index contributed by atoms with van der Waals surface area (Å²) in [4.78, 5) is 24.7. The first-order valence-corrected chi connectivity index (χ1v) is 9.70. The van der Waals surface area contributed by atoms with Crippen LogP contribution in [-0.2, 0) is 16.1 Å². The van der Waals surface area contributed by atoms with Gasteiger partial charge in [0.25, 0.3) is 5.56 Å². The molecule has 7 nitrogen and oxygen atoms in total. The predicted molar refractivity (Wildman–Crippen MR) is 102 cm³/mol. The first-order chi connectivity index (χ1) is 12.5. The third-order valence-corrected chi connectivity index (χ3v) is 4.80. The van der Waals surface area contributed by atoms with Crippen molar-refractivity contribution < 1.29 is 9.53 Å². The Hall–Kier alpha value is -2.35. The van der Waals surface area contributed by atoms with E-state index in [1.807, 2.05) is 36.4 Å². The van der Waals surface area contributed by atoms with Crippen LogP contribution >= 0.6 is 11.8 Å². The first kappa shape index (κ1) is 18.4. The highest BCUT2D eigenvalue weighted by atomic mass is 32.2. The van der Waals surface area contributed by atoms with E-state index in [-0.39, 0.29) is 23.4 Å². The molecule has 0 aliphatic rings. The highest BCUT2D eigenvalue weighted by Crippen LogP contribution is 2.22. The van der Waals surface area contributed by atoms with Gasteiger partial charge in [0.15, 0.2) is 5.16 Å². The molecule has 0 spiro atoms. The molecule has 3 aromatic rings. The van der Waals surface area contributed by atoms with Gasteiger partial charge >= 0.3 is 5.97 Å². The van der Waals surface area contributed by atoms with Gasteiger partial charge in [-0.3, -0.25) is 18.6 Å². The number of unbranched alkanes of at least 4 members (excludes halogenated alkanes) is 1. The number of benzene rings is 1. The van der Waals surface area contributed by atoms with E-state index in [1.165, 1.54) is 11.8 Å². The number of rotatable bonds is 7.